The van der Waals surface area contributed by atoms with Gasteiger partial charge in [-0.15, -0.1) is 0 Å². The Hall–Kier alpha value is -2.34. The summed E-state index contributed by atoms with van der Waals surface area (Å²) in [5.74, 6) is -0.00820. The molecule has 5 nitrogen and oxygen atoms in total. The first-order valence-corrected chi connectivity index (χ1v) is 10.7. The third-order valence-electron chi connectivity index (χ3n) is 6.35. The third-order valence-corrected chi connectivity index (χ3v) is 6.35. The molecule has 0 N–H and O–H groups in total. The van der Waals surface area contributed by atoms with Crippen molar-refractivity contribution in [1.29, 1.82) is 0 Å². The first kappa shape index (κ1) is 20.0. The topological polar surface area (TPSA) is 31.7 Å². The van der Waals surface area contributed by atoms with E-state index in [1.807, 2.05) is 17.0 Å². The summed E-state index contributed by atoms with van der Waals surface area (Å²) in [6.45, 7) is 9.50. The molecule has 29 heavy (non-hydrogen) atoms. The van der Waals surface area contributed by atoms with Gasteiger partial charge in [0.1, 0.15) is 5.82 Å². The van der Waals surface area contributed by atoms with Crippen molar-refractivity contribution in [2.24, 2.45) is 7.05 Å². The molecule has 1 unspecified atom stereocenters. The smallest absolute Gasteiger partial charge is 0.256 e. The average molecular weight is 399 g/mol. The molecule has 1 atom stereocenters. The van der Waals surface area contributed by atoms with Crippen molar-refractivity contribution in [2.75, 3.05) is 44.2 Å². The van der Waals surface area contributed by atoms with Gasteiger partial charge in [-0.25, -0.2) is 4.39 Å². The number of fused-ring (bicyclic) bond motifs is 1. The summed E-state index contributed by atoms with van der Waals surface area (Å²) in [5, 5.41) is 0. The monoisotopic (exact) mass is 398 g/mol. The van der Waals surface area contributed by atoms with Crippen LogP contribution in [0.15, 0.2) is 30.5 Å². The van der Waals surface area contributed by atoms with Crippen molar-refractivity contribution < 1.29 is 9.18 Å². The Morgan fingerprint density at radius 3 is 2.41 bits per heavy atom. The lowest BCUT2D eigenvalue weighted by molar-refractivity contribution is 0.0751. The van der Waals surface area contributed by atoms with Crippen LogP contribution in [0.3, 0.4) is 0 Å². The van der Waals surface area contributed by atoms with Crippen LogP contribution in [0.2, 0.25) is 0 Å². The largest absolute Gasteiger partial charge is 0.369 e. The Bertz CT molecular complexity index is 868. The van der Waals surface area contributed by atoms with Crippen LogP contribution in [0.25, 0.3) is 0 Å². The Balaban J connectivity index is 1.55. The fraction of sp³-hybridized carbons (Fsp3) is 0.522. The molecule has 1 aromatic heterocycles. The number of aryl methyl sites for hydroxylation is 2. The summed E-state index contributed by atoms with van der Waals surface area (Å²) in [5.41, 5.74) is 4.22. The van der Waals surface area contributed by atoms with Crippen LogP contribution in [-0.4, -0.2) is 59.5 Å². The number of hydrogen-bond donors (Lipinski definition) is 0. The summed E-state index contributed by atoms with van der Waals surface area (Å²) in [4.78, 5) is 20.1. The van der Waals surface area contributed by atoms with Gasteiger partial charge in [-0.05, 0) is 49.6 Å². The van der Waals surface area contributed by atoms with Gasteiger partial charge in [-0.3, -0.25) is 9.69 Å². The van der Waals surface area contributed by atoms with Gasteiger partial charge in [0.25, 0.3) is 5.91 Å². The molecule has 1 amide bonds. The van der Waals surface area contributed by atoms with E-state index in [4.69, 9.17) is 0 Å². The SMILES string of the molecule is CCCN1CCC(N2CCN(c3ccc(F)cc3)CC2)c2c(c(C)cn2C)C1=O. The van der Waals surface area contributed by atoms with Gasteiger partial charge in [0.2, 0.25) is 0 Å². The van der Waals surface area contributed by atoms with Crippen molar-refractivity contribution in [2.45, 2.75) is 32.7 Å². The van der Waals surface area contributed by atoms with E-state index in [1.54, 1.807) is 0 Å². The molecule has 0 aliphatic carbocycles. The maximum atomic E-state index is 13.2. The number of carbonyl (C=O) groups excluding carboxylic acids is 1. The number of carbonyl (C=O) groups is 1. The molecule has 1 fully saturated rings. The maximum absolute atomic E-state index is 13.2. The number of anilines is 1. The highest BCUT2D eigenvalue weighted by atomic mass is 19.1. The zero-order valence-electron chi connectivity index (χ0n) is 17.7. The number of hydrogen-bond acceptors (Lipinski definition) is 3. The molecule has 3 heterocycles. The van der Waals surface area contributed by atoms with Gasteiger partial charge < -0.3 is 14.4 Å². The van der Waals surface area contributed by atoms with Crippen LogP contribution >= 0.6 is 0 Å². The van der Waals surface area contributed by atoms with Gasteiger partial charge in [0, 0.05) is 63.9 Å². The highest BCUT2D eigenvalue weighted by Crippen LogP contribution is 2.35. The number of aromatic nitrogens is 1. The number of halogens is 1. The minimum absolute atomic E-state index is 0.187. The molecular weight excluding hydrogens is 367 g/mol. The molecule has 1 saturated heterocycles. The molecule has 0 radical (unpaired) electrons. The van der Waals surface area contributed by atoms with Crippen molar-refractivity contribution in [3.63, 3.8) is 0 Å². The Morgan fingerprint density at radius 1 is 1.07 bits per heavy atom. The van der Waals surface area contributed by atoms with Crippen molar-refractivity contribution in [3.05, 3.63) is 53.1 Å². The second kappa shape index (κ2) is 8.19. The predicted molar refractivity (Wildman–Crippen MR) is 114 cm³/mol. The summed E-state index contributed by atoms with van der Waals surface area (Å²) in [6, 6.07) is 7.03. The summed E-state index contributed by atoms with van der Waals surface area (Å²) < 4.78 is 15.4. The quantitative estimate of drug-likeness (QED) is 0.789. The summed E-state index contributed by atoms with van der Waals surface area (Å²) in [7, 11) is 2.07. The van der Waals surface area contributed by atoms with Gasteiger partial charge in [0.15, 0.2) is 0 Å². The number of benzene rings is 1. The number of amides is 1. The van der Waals surface area contributed by atoms with Gasteiger partial charge in [0.05, 0.1) is 11.6 Å². The molecule has 2 aliphatic heterocycles. The fourth-order valence-electron chi connectivity index (χ4n) is 4.94. The van der Waals surface area contributed by atoms with Crippen molar-refractivity contribution in [3.8, 4) is 0 Å². The minimum atomic E-state index is -0.196. The minimum Gasteiger partial charge on any atom is -0.369 e. The maximum Gasteiger partial charge on any atom is 0.256 e. The molecule has 6 heteroatoms. The molecule has 2 aromatic rings. The normalized spacial score (nSPS) is 20.7. The first-order valence-electron chi connectivity index (χ1n) is 10.7. The van der Waals surface area contributed by atoms with E-state index in [9.17, 15) is 9.18 Å². The summed E-state index contributed by atoms with van der Waals surface area (Å²) in [6.07, 6.45) is 4.04. The number of nitrogens with zero attached hydrogens (tertiary/aromatic N) is 4. The Labute approximate surface area is 172 Å². The van der Waals surface area contributed by atoms with Gasteiger partial charge in [-0.2, -0.15) is 0 Å². The van der Waals surface area contributed by atoms with Crippen molar-refractivity contribution in [1.82, 2.24) is 14.4 Å². The van der Waals surface area contributed by atoms with Gasteiger partial charge >= 0.3 is 0 Å². The van der Waals surface area contributed by atoms with Gasteiger partial charge in [-0.1, -0.05) is 6.92 Å². The first-order chi connectivity index (χ1) is 14.0. The number of piperazine rings is 1. The summed E-state index contributed by atoms with van der Waals surface area (Å²) >= 11 is 0. The fourth-order valence-corrected chi connectivity index (χ4v) is 4.94. The third kappa shape index (κ3) is 3.78. The molecular formula is C23H31FN4O. The molecule has 1 aromatic carbocycles. The zero-order valence-corrected chi connectivity index (χ0v) is 17.7. The van der Waals surface area contributed by atoms with Crippen LogP contribution in [0.4, 0.5) is 10.1 Å². The van der Waals surface area contributed by atoms with Crippen LogP contribution in [-0.2, 0) is 7.05 Å². The Morgan fingerprint density at radius 2 is 1.76 bits per heavy atom. The van der Waals surface area contributed by atoms with Crippen LogP contribution < -0.4 is 4.90 Å². The van der Waals surface area contributed by atoms with E-state index >= 15 is 0 Å². The van der Waals surface area contributed by atoms with E-state index < -0.39 is 0 Å². The molecule has 0 bridgehead atoms. The lowest BCUT2D eigenvalue weighted by Crippen LogP contribution is -2.48. The lowest BCUT2D eigenvalue weighted by Gasteiger charge is -2.40. The van der Waals surface area contributed by atoms with Crippen LogP contribution in [0, 0.1) is 12.7 Å². The molecule has 4 rings (SSSR count). The Kier molecular flexibility index (Phi) is 5.63. The highest BCUT2D eigenvalue weighted by Gasteiger charge is 2.35. The van der Waals surface area contributed by atoms with E-state index in [0.29, 0.717) is 0 Å². The standard InChI is InChI=1S/C23H31FN4O/c1-4-10-28-11-9-20(22-21(23(28)29)17(2)16-25(22)3)27-14-12-26(13-15-27)19-7-5-18(24)6-8-19/h5-8,16,20H,4,9-15H2,1-3H3. The lowest BCUT2D eigenvalue weighted by atomic mass is 10.0. The molecule has 156 valence electrons. The van der Waals surface area contributed by atoms with E-state index in [0.717, 1.165) is 68.9 Å². The van der Waals surface area contributed by atoms with Crippen LogP contribution in [0.1, 0.15) is 47.4 Å². The van der Waals surface area contributed by atoms with E-state index in [-0.39, 0.29) is 17.8 Å². The second-order valence-electron chi connectivity index (χ2n) is 8.28. The number of rotatable bonds is 4. The average Bonchev–Trinajstić information content (AvgIpc) is 2.92. The second-order valence-corrected chi connectivity index (χ2v) is 8.28. The molecule has 0 spiro atoms. The molecule has 2 aliphatic rings. The highest BCUT2D eigenvalue weighted by molar-refractivity contribution is 5.97. The van der Waals surface area contributed by atoms with E-state index in [2.05, 4.69) is 41.5 Å². The van der Waals surface area contributed by atoms with E-state index in [1.165, 1.54) is 17.8 Å². The van der Waals surface area contributed by atoms with Crippen molar-refractivity contribution >= 4 is 11.6 Å². The zero-order chi connectivity index (χ0) is 20.5. The van der Waals surface area contributed by atoms with Crippen LogP contribution in [0.5, 0.6) is 0 Å². The molecule has 0 saturated carbocycles. The predicted octanol–water partition coefficient (Wildman–Crippen LogP) is 3.59.